The van der Waals surface area contributed by atoms with Crippen LogP contribution in [0.25, 0.3) is 0 Å². The van der Waals surface area contributed by atoms with E-state index >= 15 is 0 Å². The monoisotopic (exact) mass is 792 g/mol. The molecule has 3 aliphatic heterocycles. The Morgan fingerprint density at radius 2 is 1.77 bits per heavy atom. The lowest BCUT2D eigenvalue weighted by molar-refractivity contribution is -0.295. The quantitative estimate of drug-likeness (QED) is 0.0933. The van der Waals surface area contributed by atoms with Crippen molar-refractivity contribution in [2.75, 3.05) is 21.2 Å². The highest BCUT2D eigenvalue weighted by Gasteiger charge is 2.59. The summed E-state index contributed by atoms with van der Waals surface area (Å²) in [5.41, 5.74) is -0.779. The van der Waals surface area contributed by atoms with E-state index in [1.165, 1.54) is 6.92 Å². The molecule has 3 saturated heterocycles. The Kier molecular flexibility index (Phi) is 15.7. The van der Waals surface area contributed by atoms with Crippen molar-refractivity contribution < 1.29 is 48.0 Å². The molecule has 4 rings (SSSR count). The average Bonchev–Trinajstić information content (AvgIpc) is 3.68. The molecule has 15 nitrogen and oxygen atoms in total. The summed E-state index contributed by atoms with van der Waals surface area (Å²) in [6.45, 7) is 24.8. The molecule has 56 heavy (non-hydrogen) atoms. The molecule has 3 fully saturated rings. The second-order valence-electron chi connectivity index (χ2n) is 17.4. The number of ether oxygens (including phenoxy) is 5. The zero-order chi connectivity index (χ0) is 42.7. The lowest BCUT2D eigenvalue weighted by atomic mass is 9.72. The zero-order valence-electron chi connectivity index (χ0n) is 36.1. The number of aryl methyl sites for hydroxylation is 1. The standard InChI is InChI=1S/C32H55N3O9.C9H14N2O/c1-13-23-32(9)26(35(33)30(39)44-32)19(5)18(4)16(2)15-31(8,40-12)27(20(6)24(36)21(7)28(38)42-23)43-29-25(37)22(34(10)11)14-17(3)41-29;1-8-6-11(7-10-8)9(2,3)4-5-12/h16-17,19-23,25-27,29,37H,4,13-15,33H2,1-3,5-12H3;5-7H,4H2,1-3H3/t16?,17?,19?,20?,21?,22?,23-,25?,26?,27?,29?,31?,32?;/m1./s1. The van der Waals surface area contributed by atoms with Crippen molar-refractivity contribution in [2.45, 2.75) is 161 Å². The molecule has 3 N–H and O–H groups in total. The van der Waals surface area contributed by atoms with Gasteiger partial charge in [-0.15, -0.1) is 0 Å². The number of aldehydes is 1. The molecule has 0 aliphatic carbocycles. The fourth-order valence-corrected chi connectivity index (χ4v) is 8.55. The molecule has 1 amide bonds. The number of nitrogens with zero attached hydrogens (tertiary/aromatic N) is 4. The van der Waals surface area contributed by atoms with E-state index in [2.05, 4.69) is 11.6 Å². The maximum atomic E-state index is 14.0. The number of imidazole rings is 1. The van der Waals surface area contributed by atoms with Crippen molar-refractivity contribution in [1.29, 1.82) is 0 Å². The van der Waals surface area contributed by atoms with E-state index in [-0.39, 0.29) is 29.5 Å². The first kappa shape index (κ1) is 47.2. The predicted molar refractivity (Wildman–Crippen MR) is 210 cm³/mol. The number of aliphatic hydroxyl groups excluding tert-OH is 1. The maximum Gasteiger partial charge on any atom is 0.425 e. The van der Waals surface area contributed by atoms with Gasteiger partial charge in [-0.05, 0) is 87.7 Å². The molecule has 4 heterocycles. The van der Waals surface area contributed by atoms with E-state index in [0.29, 0.717) is 25.7 Å². The van der Waals surface area contributed by atoms with Gasteiger partial charge in [-0.1, -0.05) is 39.8 Å². The Bertz CT molecular complexity index is 1550. The third-order valence-corrected chi connectivity index (χ3v) is 12.4. The number of nitrogens with two attached hydrogens (primary N) is 1. The second-order valence-corrected chi connectivity index (χ2v) is 17.4. The number of aliphatic hydroxyl groups is 1. The first-order valence-corrected chi connectivity index (χ1v) is 19.8. The average molecular weight is 792 g/mol. The zero-order valence-corrected chi connectivity index (χ0v) is 36.1. The molecule has 15 heteroatoms. The Morgan fingerprint density at radius 1 is 1.14 bits per heavy atom. The molecule has 0 aromatic carbocycles. The number of hydrazine groups is 1. The van der Waals surface area contributed by atoms with Crippen LogP contribution in [0.2, 0.25) is 0 Å². The van der Waals surface area contributed by atoms with Crippen LogP contribution in [0.4, 0.5) is 4.79 Å². The molecule has 13 atom stereocenters. The molecule has 0 spiro atoms. The van der Waals surface area contributed by atoms with Crippen molar-refractivity contribution in [2.24, 2.45) is 29.5 Å². The fraction of sp³-hybridized carbons (Fsp3) is 0.780. The van der Waals surface area contributed by atoms with Crippen LogP contribution in [0.5, 0.6) is 0 Å². The number of cyclic esters (lactones) is 1. The van der Waals surface area contributed by atoms with Gasteiger partial charge in [-0.25, -0.2) is 20.6 Å². The van der Waals surface area contributed by atoms with Crippen molar-refractivity contribution in [3.63, 3.8) is 0 Å². The first-order chi connectivity index (χ1) is 25.9. The minimum Gasteiger partial charge on any atom is -0.458 e. The van der Waals surface area contributed by atoms with Gasteiger partial charge in [0, 0.05) is 43.1 Å². The molecule has 0 saturated carbocycles. The minimum absolute atomic E-state index is 0.150. The van der Waals surface area contributed by atoms with E-state index in [0.717, 1.165) is 22.6 Å². The number of hydrogen-bond donors (Lipinski definition) is 2. The van der Waals surface area contributed by atoms with Crippen LogP contribution < -0.4 is 5.84 Å². The van der Waals surface area contributed by atoms with Gasteiger partial charge >= 0.3 is 12.1 Å². The number of carbonyl (C=O) groups excluding carboxylic acids is 4. The van der Waals surface area contributed by atoms with Crippen molar-refractivity contribution in [3.05, 3.63) is 30.4 Å². The number of hydrogen-bond acceptors (Lipinski definition) is 13. The molecule has 0 radical (unpaired) electrons. The SMILES string of the molecule is C=C1C(C)CC(C)(OC)C(OC2OC(C)CC(N(C)C)C2O)C(C)C(=O)C(C)C(=O)O[C@H](CC)C2(C)OC(=O)N(N)C2C1C.Cc1cn(C(C)(C)CC=O)cn1. The fourth-order valence-electron chi connectivity index (χ4n) is 8.55. The summed E-state index contributed by atoms with van der Waals surface area (Å²) in [4.78, 5) is 56.8. The Morgan fingerprint density at radius 3 is 2.29 bits per heavy atom. The Labute approximate surface area is 333 Å². The maximum absolute atomic E-state index is 14.0. The summed E-state index contributed by atoms with van der Waals surface area (Å²) in [5.74, 6) is 2.51. The Balaban J connectivity index is 0.000000595. The van der Waals surface area contributed by atoms with Crippen molar-refractivity contribution in [1.82, 2.24) is 19.5 Å². The summed E-state index contributed by atoms with van der Waals surface area (Å²) in [6.07, 6.45) is 1.68. The van der Waals surface area contributed by atoms with Gasteiger partial charge in [0.1, 0.15) is 30.5 Å². The van der Waals surface area contributed by atoms with Crippen LogP contribution in [-0.2, 0) is 43.6 Å². The number of Topliss-reactive ketones (excluding diaryl/α,β-unsaturated/α-hetero) is 1. The number of fused-ring (bicyclic) bond motifs is 1. The number of ketones is 1. The lowest BCUT2D eigenvalue weighted by Gasteiger charge is -2.47. The van der Waals surface area contributed by atoms with Crippen LogP contribution in [0, 0.1) is 30.6 Å². The summed E-state index contributed by atoms with van der Waals surface area (Å²) >= 11 is 0. The molecular weight excluding hydrogens is 722 g/mol. The minimum atomic E-state index is -1.29. The molecule has 3 aliphatic rings. The van der Waals surface area contributed by atoms with Gasteiger partial charge in [-0.2, -0.15) is 0 Å². The van der Waals surface area contributed by atoms with E-state index in [1.54, 1.807) is 27.3 Å². The van der Waals surface area contributed by atoms with Gasteiger partial charge in [-0.3, -0.25) is 9.59 Å². The lowest BCUT2D eigenvalue weighted by Crippen LogP contribution is -2.60. The molecule has 12 unspecified atom stereocenters. The van der Waals surface area contributed by atoms with Gasteiger partial charge in [0.2, 0.25) is 0 Å². The van der Waals surface area contributed by atoms with Crippen LogP contribution in [0.1, 0.15) is 101 Å². The number of likely N-dealkylation sites (N-methyl/N-ethyl adjacent to an activating group) is 1. The van der Waals surface area contributed by atoms with Crippen LogP contribution >= 0.6 is 0 Å². The number of rotatable bonds is 8. The van der Waals surface area contributed by atoms with Gasteiger partial charge in [0.25, 0.3) is 0 Å². The third-order valence-electron chi connectivity index (χ3n) is 12.4. The topological polar surface area (TPSA) is 185 Å². The molecule has 1 aromatic rings. The highest BCUT2D eigenvalue weighted by molar-refractivity contribution is 6.00. The predicted octanol–water partition coefficient (Wildman–Crippen LogP) is 4.57. The number of aromatic nitrogens is 2. The third kappa shape index (κ3) is 9.90. The highest BCUT2D eigenvalue weighted by Crippen LogP contribution is 2.44. The summed E-state index contributed by atoms with van der Waals surface area (Å²) in [6, 6.07) is -0.932. The first-order valence-electron chi connectivity index (χ1n) is 19.8. The van der Waals surface area contributed by atoms with Gasteiger partial charge < -0.3 is 43.1 Å². The van der Waals surface area contributed by atoms with E-state index < -0.39 is 71.5 Å². The molecule has 1 aromatic heterocycles. The largest absolute Gasteiger partial charge is 0.458 e. The highest BCUT2D eigenvalue weighted by atomic mass is 16.7. The number of carbonyl (C=O) groups is 4. The van der Waals surface area contributed by atoms with Crippen molar-refractivity contribution >= 4 is 24.1 Å². The molecule has 0 bridgehead atoms. The summed E-state index contributed by atoms with van der Waals surface area (Å²) in [5, 5.41) is 12.3. The van der Waals surface area contributed by atoms with E-state index in [4.69, 9.17) is 29.5 Å². The van der Waals surface area contributed by atoms with E-state index in [9.17, 15) is 24.3 Å². The van der Waals surface area contributed by atoms with Crippen molar-refractivity contribution in [3.8, 4) is 0 Å². The number of amides is 1. The van der Waals surface area contributed by atoms with Crippen LogP contribution in [0.3, 0.4) is 0 Å². The van der Waals surface area contributed by atoms with Gasteiger partial charge in [0.05, 0.1) is 29.8 Å². The molecular formula is C41H69N5O10. The van der Waals surface area contributed by atoms with Crippen LogP contribution in [-0.4, -0.2) is 124 Å². The number of esters is 1. The Hall–Kier alpha value is -3.21. The van der Waals surface area contributed by atoms with Gasteiger partial charge in [0.15, 0.2) is 17.7 Å². The van der Waals surface area contributed by atoms with Crippen LogP contribution in [0.15, 0.2) is 24.7 Å². The molecule has 318 valence electrons. The smallest absolute Gasteiger partial charge is 0.425 e. The summed E-state index contributed by atoms with van der Waals surface area (Å²) in [7, 11) is 5.32. The van der Waals surface area contributed by atoms with E-state index in [1.807, 2.05) is 85.1 Å². The summed E-state index contributed by atoms with van der Waals surface area (Å²) < 4.78 is 32.5. The number of methoxy groups -OCH3 is 1. The normalized spacial score (nSPS) is 37.6. The second kappa shape index (κ2) is 18.6.